The minimum atomic E-state index is -0.350. The summed E-state index contributed by atoms with van der Waals surface area (Å²) in [5.74, 6) is -0.507. The smallest absolute Gasteiger partial charge is 0.276 e. The van der Waals surface area contributed by atoms with Crippen LogP contribution < -0.4 is 5.32 Å². The highest BCUT2D eigenvalue weighted by Gasteiger charge is 2.17. The summed E-state index contributed by atoms with van der Waals surface area (Å²) in [7, 11) is 0. The first-order valence-electron chi connectivity index (χ1n) is 7.82. The average molecular weight is 398 g/mol. The van der Waals surface area contributed by atoms with Crippen molar-refractivity contribution in [3.63, 3.8) is 0 Å². The predicted molar refractivity (Wildman–Crippen MR) is 99.9 cm³/mol. The van der Waals surface area contributed by atoms with Crippen LogP contribution in [0.2, 0.25) is 0 Å². The SMILES string of the molecule is CCn1ccc(C(=O)Nc2ccc(Br)cc2C(=O)c2ccccc2)n1. The van der Waals surface area contributed by atoms with Gasteiger partial charge in [-0.2, -0.15) is 5.10 Å². The van der Waals surface area contributed by atoms with E-state index in [0.717, 1.165) is 4.47 Å². The van der Waals surface area contributed by atoms with E-state index in [1.165, 1.54) is 0 Å². The number of amides is 1. The molecule has 0 radical (unpaired) electrons. The van der Waals surface area contributed by atoms with Gasteiger partial charge in [0.2, 0.25) is 0 Å². The van der Waals surface area contributed by atoms with Crippen LogP contribution in [-0.4, -0.2) is 21.5 Å². The lowest BCUT2D eigenvalue weighted by atomic mass is 10.0. The Hall–Kier alpha value is -2.73. The Morgan fingerprint density at radius 3 is 2.56 bits per heavy atom. The van der Waals surface area contributed by atoms with Gasteiger partial charge in [-0.1, -0.05) is 46.3 Å². The van der Waals surface area contributed by atoms with Gasteiger partial charge in [-0.25, -0.2) is 0 Å². The fourth-order valence-corrected chi connectivity index (χ4v) is 2.76. The lowest BCUT2D eigenvalue weighted by molar-refractivity contribution is 0.102. The molecule has 0 saturated heterocycles. The largest absolute Gasteiger partial charge is 0.320 e. The highest BCUT2D eigenvalue weighted by molar-refractivity contribution is 9.10. The first-order chi connectivity index (χ1) is 12.1. The number of aromatic nitrogens is 2. The summed E-state index contributed by atoms with van der Waals surface area (Å²) in [5, 5.41) is 6.97. The monoisotopic (exact) mass is 397 g/mol. The molecule has 0 bridgehead atoms. The molecule has 1 heterocycles. The molecule has 0 aliphatic carbocycles. The van der Waals surface area contributed by atoms with Crippen molar-refractivity contribution in [2.75, 3.05) is 5.32 Å². The quantitative estimate of drug-likeness (QED) is 0.657. The molecule has 0 aliphatic rings. The molecular formula is C19H16BrN3O2. The molecule has 3 aromatic rings. The molecule has 0 saturated carbocycles. The molecule has 3 rings (SSSR count). The van der Waals surface area contributed by atoms with Gasteiger partial charge < -0.3 is 5.32 Å². The fraction of sp³-hybridized carbons (Fsp3) is 0.105. The molecule has 0 unspecified atom stereocenters. The molecule has 25 heavy (non-hydrogen) atoms. The van der Waals surface area contributed by atoms with Crippen molar-refractivity contribution in [3.8, 4) is 0 Å². The molecule has 0 aliphatic heterocycles. The molecule has 2 aromatic carbocycles. The molecule has 0 fully saturated rings. The van der Waals surface area contributed by atoms with Crippen molar-refractivity contribution in [2.24, 2.45) is 0 Å². The molecule has 0 atom stereocenters. The zero-order valence-corrected chi connectivity index (χ0v) is 15.2. The van der Waals surface area contributed by atoms with Crippen molar-refractivity contribution >= 4 is 33.3 Å². The molecule has 6 heteroatoms. The lowest BCUT2D eigenvalue weighted by Crippen LogP contribution is -2.16. The first-order valence-corrected chi connectivity index (χ1v) is 8.62. The number of aryl methyl sites for hydroxylation is 1. The number of ketones is 1. The van der Waals surface area contributed by atoms with Gasteiger partial charge in [0.25, 0.3) is 5.91 Å². The van der Waals surface area contributed by atoms with Crippen molar-refractivity contribution < 1.29 is 9.59 Å². The van der Waals surface area contributed by atoms with Crippen molar-refractivity contribution in [1.82, 2.24) is 9.78 Å². The van der Waals surface area contributed by atoms with E-state index in [2.05, 4.69) is 26.3 Å². The Balaban J connectivity index is 1.91. The highest BCUT2D eigenvalue weighted by atomic mass is 79.9. The van der Waals surface area contributed by atoms with Gasteiger partial charge in [0.05, 0.1) is 5.69 Å². The third kappa shape index (κ3) is 3.85. The summed E-state index contributed by atoms with van der Waals surface area (Å²) in [6.07, 6.45) is 1.74. The third-order valence-corrected chi connectivity index (χ3v) is 4.20. The van der Waals surface area contributed by atoms with Gasteiger partial charge in [-0.15, -0.1) is 0 Å². The summed E-state index contributed by atoms with van der Waals surface area (Å²) in [6.45, 7) is 2.63. The van der Waals surface area contributed by atoms with E-state index in [0.29, 0.717) is 29.1 Å². The van der Waals surface area contributed by atoms with Gasteiger partial charge in [-0.3, -0.25) is 14.3 Å². The van der Waals surface area contributed by atoms with Gasteiger partial charge in [0, 0.05) is 28.3 Å². The van der Waals surface area contributed by atoms with E-state index >= 15 is 0 Å². The van der Waals surface area contributed by atoms with Crippen LogP contribution in [0.4, 0.5) is 5.69 Å². The number of carbonyl (C=O) groups excluding carboxylic acids is 2. The Morgan fingerprint density at radius 1 is 1.12 bits per heavy atom. The number of halogens is 1. The zero-order chi connectivity index (χ0) is 17.8. The van der Waals surface area contributed by atoms with Crippen LogP contribution in [0.5, 0.6) is 0 Å². The third-order valence-electron chi connectivity index (χ3n) is 3.71. The molecule has 1 N–H and O–H groups in total. The number of benzene rings is 2. The van der Waals surface area contributed by atoms with E-state index in [1.54, 1.807) is 59.4 Å². The van der Waals surface area contributed by atoms with Crippen LogP contribution in [0, 0.1) is 0 Å². The number of rotatable bonds is 5. The van der Waals surface area contributed by atoms with Crippen molar-refractivity contribution in [1.29, 1.82) is 0 Å². The van der Waals surface area contributed by atoms with Gasteiger partial charge in [0.15, 0.2) is 11.5 Å². The summed E-state index contributed by atoms with van der Waals surface area (Å²) < 4.78 is 2.44. The number of nitrogens with zero attached hydrogens (tertiary/aromatic N) is 2. The standard InChI is InChI=1S/C19H16BrN3O2/c1-2-23-11-10-17(22-23)19(25)21-16-9-8-14(20)12-15(16)18(24)13-6-4-3-5-7-13/h3-12H,2H2,1H3,(H,21,25). The number of anilines is 1. The number of hydrogen-bond donors (Lipinski definition) is 1. The van der Waals surface area contributed by atoms with Crippen LogP contribution in [0.3, 0.4) is 0 Å². The molecule has 126 valence electrons. The van der Waals surface area contributed by atoms with Gasteiger partial charge >= 0.3 is 0 Å². The van der Waals surface area contributed by atoms with Gasteiger partial charge in [0.1, 0.15) is 0 Å². The second-order valence-electron chi connectivity index (χ2n) is 5.40. The minimum Gasteiger partial charge on any atom is -0.320 e. The lowest BCUT2D eigenvalue weighted by Gasteiger charge is -2.10. The summed E-state index contributed by atoms with van der Waals surface area (Å²) in [5.41, 5.74) is 1.74. The second-order valence-corrected chi connectivity index (χ2v) is 6.31. The summed E-state index contributed by atoms with van der Waals surface area (Å²) in [4.78, 5) is 25.2. The Kier molecular flexibility index (Phi) is 5.09. The summed E-state index contributed by atoms with van der Waals surface area (Å²) in [6, 6.07) is 15.8. The van der Waals surface area contributed by atoms with Crippen LogP contribution in [-0.2, 0) is 6.54 Å². The van der Waals surface area contributed by atoms with E-state index in [1.807, 2.05) is 13.0 Å². The Labute approximate surface area is 153 Å². The van der Waals surface area contributed by atoms with Crippen LogP contribution in [0.25, 0.3) is 0 Å². The highest BCUT2D eigenvalue weighted by Crippen LogP contribution is 2.24. The van der Waals surface area contributed by atoms with Crippen molar-refractivity contribution in [3.05, 3.63) is 82.1 Å². The van der Waals surface area contributed by atoms with Crippen molar-refractivity contribution in [2.45, 2.75) is 13.5 Å². The van der Waals surface area contributed by atoms with E-state index in [4.69, 9.17) is 0 Å². The van der Waals surface area contributed by atoms with Crippen LogP contribution in [0.15, 0.2) is 65.3 Å². The van der Waals surface area contributed by atoms with Crippen LogP contribution >= 0.6 is 15.9 Å². The molecular weight excluding hydrogens is 382 g/mol. The Bertz CT molecular complexity index is 919. The predicted octanol–water partition coefficient (Wildman–Crippen LogP) is 4.15. The first kappa shape index (κ1) is 17.1. The molecule has 1 aromatic heterocycles. The normalized spacial score (nSPS) is 10.5. The van der Waals surface area contributed by atoms with Crippen LogP contribution in [0.1, 0.15) is 33.3 Å². The van der Waals surface area contributed by atoms with Gasteiger partial charge in [-0.05, 0) is 31.2 Å². The van der Waals surface area contributed by atoms with E-state index < -0.39 is 0 Å². The van der Waals surface area contributed by atoms with E-state index in [-0.39, 0.29) is 11.7 Å². The number of carbonyl (C=O) groups is 2. The molecule has 0 spiro atoms. The van der Waals surface area contributed by atoms with E-state index in [9.17, 15) is 9.59 Å². The summed E-state index contributed by atoms with van der Waals surface area (Å²) >= 11 is 3.38. The topological polar surface area (TPSA) is 64.0 Å². The molecule has 5 nitrogen and oxygen atoms in total. The molecule has 1 amide bonds. The average Bonchev–Trinajstić information content (AvgIpc) is 3.12. The maximum atomic E-state index is 12.8. The number of nitrogens with one attached hydrogen (secondary N) is 1. The minimum absolute atomic E-state index is 0.156. The maximum Gasteiger partial charge on any atom is 0.276 e. The number of hydrogen-bond acceptors (Lipinski definition) is 3. The second kappa shape index (κ2) is 7.44. The zero-order valence-electron chi connectivity index (χ0n) is 13.6. The fourth-order valence-electron chi connectivity index (χ4n) is 2.40. The Morgan fingerprint density at radius 2 is 1.88 bits per heavy atom. The maximum absolute atomic E-state index is 12.8.